The van der Waals surface area contributed by atoms with Gasteiger partial charge in [0.2, 0.25) is 0 Å². The van der Waals surface area contributed by atoms with Gasteiger partial charge in [0.15, 0.2) is 0 Å². The Bertz CT molecular complexity index is 519. The molecule has 20 heavy (non-hydrogen) atoms. The second kappa shape index (κ2) is 7.10. The predicted octanol–water partition coefficient (Wildman–Crippen LogP) is 2.54. The summed E-state index contributed by atoms with van der Waals surface area (Å²) in [6, 6.07) is 10.8. The zero-order valence-corrected chi connectivity index (χ0v) is 12.5. The summed E-state index contributed by atoms with van der Waals surface area (Å²) >= 11 is 0. The maximum atomic E-state index is 5.72. The fourth-order valence-corrected chi connectivity index (χ4v) is 1.98. The highest BCUT2D eigenvalue weighted by molar-refractivity contribution is 5.27. The van der Waals surface area contributed by atoms with Crippen molar-refractivity contribution in [3.8, 4) is 5.75 Å². The molecular weight excluding hydrogens is 250 g/mol. The molecule has 0 saturated carbocycles. The fraction of sp³-hybridized carbons (Fsp3) is 0.438. The molecule has 1 heterocycles. The van der Waals surface area contributed by atoms with Crippen LogP contribution in [0.15, 0.2) is 36.5 Å². The van der Waals surface area contributed by atoms with E-state index in [9.17, 15) is 0 Å². The van der Waals surface area contributed by atoms with Gasteiger partial charge in [-0.2, -0.15) is 5.10 Å². The molecule has 2 aromatic rings. The molecule has 0 bridgehead atoms. The molecule has 0 amide bonds. The van der Waals surface area contributed by atoms with Gasteiger partial charge in [0.05, 0.1) is 5.69 Å². The molecule has 1 N–H and O–H groups in total. The van der Waals surface area contributed by atoms with Gasteiger partial charge in [-0.15, -0.1) is 0 Å². The molecule has 1 aromatic carbocycles. The molecular formula is C16H23N3O. The van der Waals surface area contributed by atoms with Crippen molar-refractivity contribution in [1.29, 1.82) is 0 Å². The van der Waals surface area contributed by atoms with Gasteiger partial charge < -0.3 is 10.1 Å². The summed E-state index contributed by atoms with van der Waals surface area (Å²) in [6.45, 7) is 2.71. The van der Waals surface area contributed by atoms with Crippen LogP contribution in [-0.2, 0) is 20.1 Å². The van der Waals surface area contributed by atoms with Crippen LogP contribution < -0.4 is 10.1 Å². The molecule has 0 spiro atoms. The van der Waals surface area contributed by atoms with Gasteiger partial charge in [-0.05, 0) is 50.6 Å². The van der Waals surface area contributed by atoms with Crippen LogP contribution >= 0.6 is 0 Å². The van der Waals surface area contributed by atoms with Crippen molar-refractivity contribution >= 4 is 0 Å². The Morgan fingerprint density at radius 2 is 2.00 bits per heavy atom. The lowest BCUT2D eigenvalue weighted by molar-refractivity contribution is 0.300. The molecule has 0 saturated heterocycles. The second-order valence-electron chi connectivity index (χ2n) is 5.14. The van der Waals surface area contributed by atoms with Crippen LogP contribution in [0.4, 0.5) is 0 Å². The van der Waals surface area contributed by atoms with E-state index in [0.717, 1.165) is 24.3 Å². The summed E-state index contributed by atoms with van der Waals surface area (Å²) in [5.74, 6) is 0.890. The van der Waals surface area contributed by atoms with Crippen LogP contribution in [0.25, 0.3) is 0 Å². The van der Waals surface area contributed by atoms with Crippen molar-refractivity contribution < 1.29 is 4.74 Å². The van der Waals surface area contributed by atoms with E-state index in [4.69, 9.17) is 4.74 Å². The Kier molecular flexibility index (Phi) is 5.18. The summed E-state index contributed by atoms with van der Waals surface area (Å²) in [5, 5.41) is 7.54. The van der Waals surface area contributed by atoms with Gasteiger partial charge in [-0.1, -0.05) is 12.1 Å². The summed E-state index contributed by atoms with van der Waals surface area (Å²) in [5.41, 5.74) is 2.29. The van der Waals surface area contributed by atoms with Crippen LogP contribution in [0.2, 0.25) is 0 Å². The Labute approximate surface area is 120 Å². The Morgan fingerprint density at radius 3 is 2.60 bits per heavy atom. The van der Waals surface area contributed by atoms with Gasteiger partial charge in [0, 0.05) is 19.3 Å². The van der Waals surface area contributed by atoms with Crippen molar-refractivity contribution in [2.75, 3.05) is 7.05 Å². The van der Waals surface area contributed by atoms with E-state index >= 15 is 0 Å². The smallest absolute Gasteiger partial charge is 0.132 e. The van der Waals surface area contributed by atoms with Crippen molar-refractivity contribution in [3.05, 3.63) is 47.8 Å². The maximum absolute atomic E-state index is 5.72. The minimum atomic E-state index is 0.511. The molecule has 0 aliphatic rings. The first kappa shape index (κ1) is 14.6. The van der Waals surface area contributed by atoms with Gasteiger partial charge in [0.1, 0.15) is 12.4 Å². The first-order chi connectivity index (χ1) is 9.67. The van der Waals surface area contributed by atoms with Crippen molar-refractivity contribution in [2.24, 2.45) is 7.05 Å². The number of hydrogen-bond donors (Lipinski definition) is 1. The third kappa shape index (κ3) is 4.38. The molecule has 4 nitrogen and oxygen atoms in total. The van der Waals surface area contributed by atoms with Gasteiger partial charge in [-0.3, -0.25) is 4.68 Å². The Morgan fingerprint density at radius 1 is 1.25 bits per heavy atom. The molecule has 0 aliphatic heterocycles. The zero-order chi connectivity index (χ0) is 14.4. The Balaban J connectivity index is 1.82. The average molecular weight is 273 g/mol. The summed E-state index contributed by atoms with van der Waals surface area (Å²) in [4.78, 5) is 0. The van der Waals surface area contributed by atoms with Crippen LogP contribution in [-0.4, -0.2) is 22.9 Å². The van der Waals surface area contributed by atoms with Gasteiger partial charge in [0.25, 0.3) is 0 Å². The van der Waals surface area contributed by atoms with Crippen LogP contribution in [0, 0.1) is 0 Å². The summed E-state index contributed by atoms with van der Waals surface area (Å²) < 4.78 is 7.50. The summed E-state index contributed by atoms with van der Waals surface area (Å²) in [7, 11) is 3.91. The molecule has 4 heteroatoms. The molecule has 0 fully saturated rings. The number of aromatic nitrogens is 2. The standard InChI is InChI=1S/C16H23N3O/c1-13(17-2)4-5-14-6-8-16(9-7-14)20-12-15-10-11-19(3)18-15/h6-11,13,17H,4-5,12H2,1-3H3. The SMILES string of the molecule is CNC(C)CCc1ccc(OCc2ccn(C)n2)cc1. The molecule has 0 radical (unpaired) electrons. The number of rotatable bonds is 7. The number of hydrogen-bond acceptors (Lipinski definition) is 3. The zero-order valence-electron chi connectivity index (χ0n) is 12.5. The largest absolute Gasteiger partial charge is 0.487 e. The minimum Gasteiger partial charge on any atom is -0.487 e. The number of ether oxygens (including phenoxy) is 1. The molecule has 1 unspecified atom stereocenters. The third-order valence-corrected chi connectivity index (χ3v) is 3.44. The van der Waals surface area contributed by atoms with E-state index in [2.05, 4.69) is 29.5 Å². The Hall–Kier alpha value is -1.81. The van der Waals surface area contributed by atoms with E-state index in [-0.39, 0.29) is 0 Å². The van der Waals surface area contributed by atoms with Crippen molar-refractivity contribution in [2.45, 2.75) is 32.4 Å². The first-order valence-corrected chi connectivity index (χ1v) is 7.05. The molecule has 2 rings (SSSR count). The monoisotopic (exact) mass is 273 g/mol. The van der Waals surface area contributed by atoms with Crippen LogP contribution in [0.5, 0.6) is 5.75 Å². The third-order valence-electron chi connectivity index (χ3n) is 3.44. The number of benzene rings is 1. The quantitative estimate of drug-likeness (QED) is 0.842. The first-order valence-electron chi connectivity index (χ1n) is 7.05. The maximum Gasteiger partial charge on any atom is 0.132 e. The molecule has 1 aromatic heterocycles. The van der Waals surface area contributed by atoms with Crippen molar-refractivity contribution in [1.82, 2.24) is 15.1 Å². The molecule has 1 atom stereocenters. The van der Waals surface area contributed by atoms with E-state index in [0.29, 0.717) is 12.6 Å². The topological polar surface area (TPSA) is 39.1 Å². The lowest BCUT2D eigenvalue weighted by Gasteiger charge is -2.10. The highest BCUT2D eigenvalue weighted by Gasteiger charge is 2.01. The normalized spacial score (nSPS) is 12.3. The number of nitrogens with one attached hydrogen (secondary N) is 1. The molecule has 108 valence electrons. The lowest BCUT2D eigenvalue weighted by Crippen LogP contribution is -2.21. The average Bonchev–Trinajstić information content (AvgIpc) is 2.89. The number of nitrogens with zero attached hydrogens (tertiary/aromatic N) is 2. The van der Waals surface area contributed by atoms with E-state index in [1.807, 2.05) is 38.5 Å². The fourth-order valence-electron chi connectivity index (χ4n) is 1.98. The number of aryl methyl sites for hydroxylation is 2. The highest BCUT2D eigenvalue weighted by atomic mass is 16.5. The van der Waals surface area contributed by atoms with E-state index in [1.165, 1.54) is 5.56 Å². The van der Waals surface area contributed by atoms with Crippen molar-refractivity contribution in [3.63, 3.8) is 0 Å². The predicted molar refractivity (Wildman–Crippen MR) is 80.8 cm³/mol. The highest BCUT2D eigenvalue weighted by Crippen LogP contribution is 2.15. The lowest BCUT2D eigenvalue weighted by atomic mass is 10.1. The summed E-state index contributed by atoms with van der Waals surface area (Å²) in [6.07, 6.45) is 4.15. The van der Waals surface area contributed by atoms with E-state index < -0.39 is 0 Å². The van der Waals surface area contributed by atoms with Crippen LogP contribution in [0.3, 0.4) is 0 Å². The molecule has 0 aliphatic carbocycles. The second-order valence-corrected chi connectivity index (χ2v) is 5.14. The van der Waals surface area contributed by atoms with Gasteiger partial charge in [-0.25, -0.2) is 0 Å². The van der Waals surface area contributed by atoms with Gasteiger partial charge >= 0.3 is 0 Å². The van der Waals surface area contributed by atoms with E-state index in [1.54, 1.807) is 4.68 Å². The van der Waals surface area contributed by atoms with Crippen LogP contribution in [0.1, 0.15) is 24.6 Å². The minimum absolute atomic E-state index is 0.511.